The Morgan fingerprint density at radius 2 is 2.40 bits per heavy atom. The van der Waals surface area contributed by atoms with Gasteiger partial charge >= 0.3 is 0 Å². The minimum atomic E-state index is 0.0484. The van der Waals surface area contributed by atoms with Crippen LogP contribution in [0.3, 0.4) is 0 Å². The molecule has 0 aromatic carbocycles. The number of aromatic nitrogens is 2. The molecule has 2 heterocycles. The van der Waals surface area contributed by atoms with Crippen LogP contribution < -0.4 is 11.3 Å². The van der Waals surface area contributed by atoms with Crippen LogP contribution in [0.1, 0.15) is 23.5 Å². The number of thioether (sulfide) groups is 1. The lowest BCUT2D eigenvalue weighted by atomic mass is 10.1. The molecule has 5 heteroatoms. The highest BCUT2D eigenvalue weighted by molar-refractivity contribution is 7.98. The summed E-state index contributed by atoms with van der Waals surface area (Å²) >= 11 is 1.84. The summed E-state index contributed by atoms with van der Waals surface area (Å²) in [5.74, 6) is 2.68. The summed E-state index contributed by atoms with van der Waals surface area (Å²) in [5, 5.41) is 0. The molecule has 0 bridgehead atoms. The predicted molar refractivity (Wildman–Crippen MR) is 62.1 cm³/mol. The molecule has 1 aliphatic rings. The minimum Gasteiger partial charge on any atom is -0.330 e. The molecule has 15 heavy (non-hydrogen) atoms. The lowest BCUT2D eigenvalue weighted by molar-refractivity contribution is 0.758. The fourth-order valence-electron chi connectivity index (χ4n) is 1.70. The van der Waals surface area contributed by atoms with Gasteiger partial charge in [-0.2, -0.15) is 11.8 Å². The molecule has 4 nitrogen and oxygen atoms in total. The zero-order chi connectivity index (χ0) is 10.7. The van der Waals surface area contributed by atoms with Gasteiger partial charge in [0.1, 0.15) is 5.82 Å². The summed E-state index contributed by atoms with van der Waals surface area (Å²) in [4.78, 5) is 19.0. The van der Waals surface area contributed by atoms with Gasteiger partial charge in [0.25, 0.3) is 5.56 Å². The van der Waals surface area contributed by atoms with Crippen molar-refractivity contribution >= 4 is 11.8 Å². The molecule has 0 spiro atoms. The number of hydrogen-bond donors (Lipinski definition) is 2. The lowest BCUT2D eigenvalue weighted by Crippen LogP contribution is -2.23. The summed E-state index contributed by atoms with van der Waals surface area (Å²) in [5.41, 5.74) is 7.33. The summed E-state index contributed by atoms with van der Waals surface area (Å²) in [6.45, 7) is 0.634. The van der Waals surface area contributed by atoms with Gasteiger partial charge in [-0.15, -0.1) is 0 Å². The molecule has 1 aliphatic heterocycles. The number of nitrogens with two attached hydrogens (primary N) is 1. The van der Waals surface area contributed by atoms with Crippen molar-refractivity contribution in [3.05, 3.63) is 27.4 Å². The second-order valence-corrected chi connectivity index (χ2v) is 4.74. The smallest absolute Gasteiger partial charge is 0.254 e. The van der Waals surface area contributed by atoms with Crippen LogP contribution in [-0.4, -0.2) is 22.3 Å². The third kappa shape index (κ3) is 2.41. The van der Waals surface area contributed by atoms with E-state index in [4.69, 9.17) is 5.73 Å². The van der Waals surface area contributed by atoms with Crippen molar-refractivity contribution in [3.8, 4) is 0 Å². The van der Waals surface area contributed by atoms with Crippen LogP contribution >= 0.6 is 11.8 Å². The SMILES string of the molecule is NCCCc1nc2c(c(=O)[nH]1)CCSC2. The van der Waals surface area contributed by atoms with E-state index in [-0.39, 0.29) is 5.56 Å². The van der Waals surface area contributed by atoms with Gasteiger partial charge in [0.2, 0.25) is 0 Å². The fraction of sp³-hybridized carbons (Fsp3) is 0.600. The first-order chi connectivity index (χ1) is 7.31. The zero-order valence-electron chi connectivity index (χ0n) is 8.58. The number of fused-ring (bicyclic) bond motifs is 1. The molecule has 0 fully saturated rings. The van der Waals surface area contributed by atoms with E-state index < -0.39 is 0 Å². The van der Waals surface area contributed by atoms with E-state index in [2.05, 4.69) is 9.97 Å². The first-order valence-corrected chi connectivity index (χ1v) is 6.35. The standard InChI is InChI=1S/C10H15N3OS/c11-4-1-2-9-12-8-6-15-5-3-7(8)10(14)13-9/h1-6,11H2,(H,12,13,14). The second-order valence-electron chi connectivity index (χ2n) is 3.63. The van der Waals surface area contributed by atoms with Crippen molar-refractivity contribution in [2.24, 2.45) is 5.73 Å². The molecular weight excluding hydrogens is 210 g/mol. The van der Waals surface area contributed by atoms with Crippen molar-refractivity contribution in [1.82, 2.24) is 9.97 Å². The summed E-state index contributed by atoms with van der Waals surface area (Å²) in [6.07, 6.45) is 2.48. The van der Waals surface area contributed by atoms with Gasteiger partial charge in [0.15, 0.2) is 0 Å². The fourth-order valence-corrected chi connectivity index (χ4v) is 2.63. The Kier molecular flexibility index (Phi) is 3.43. The van der Waals surface area contributed by atoms with Crippen LogP contribution in [0.15, 0.2) is 4.79 Å². The summed E-state index contributed by atoms with van der Waals surface area (Å²) in [7, 11) is 0. The molecule has 3 N–H and O–H groups in total. The van der Waals surface area contributed by atoms with E-state index in [9.17, 15) is 4.79 Å². The Morgan fingerprint density at radius 1 is 1.53 bits per heavy atom. The topological polar surface area (TPSA) is 71.8 Å². The van der Waals surface area contributed by atoms with E-state index in [0.29, 0.717) is 6.54 Å². The molecule has 82 valence electrons. The van der Waals surface area contributed by atoms with Gasteiger partial charge < -0.3 is 10.7 Å². The Bertz CT molecular complexity index is 402. The molecule has 0 amide bonds. The minimum absolute atomic E-state index is 0.0484. The number of nitrogens with one attached hydrogen (secondary N) is 1. The zero-order valence-corrected chi connectivity index (χ0v) is 9.40. The van der Waals surface area contributed by atoms with Gasteiger partial charge in [-0.25, -0.2) is 4.98 Å². The maximum atomic E-state index is 11.7. The second kappa shape index (κ2) is 4.81. The molecule has 0 atom stereocenters. The highest BCUT2D eigenvalue weighted by atomic mass is 32.2. The van der Waals surface area contributed by atoms with Crippen LogP contribution in [-0.2, 0) is 18.6 Å². The first-order valence-electron chi connectivity index (χ1n) is 5.20. The average molecular weight is 225 g/mol. The maximum absolute atomic E-state index is 11.7. The first kappa shape index (κ1) is 10.7. The monoisotopic (exact) mass is 225 g/mol. The molecule has 1 aromatic heterocycles. The van der Waals surface area contributed by atoms with E-state index in [1.807, 2.05) is 11.8 Å². The third-order valence-electron chi connectivity index (χ3n) is 2.50. The van der Waals surface area contributed by atoms with Crippen LogP contribution in [0.25, 0.3) is 0 Å². The van der Waals surface area contributed by atoms with Gasteiger partial charge in [-0.05, 0) is 25.1 Å². The third-order valence-corrected chi connectivity index (χ3v) is 3.47. The van der Waals surface area contributed by atoms with E-state index in [1.165, 1.54) is 0 Å². The van der Waals surface area contributed by atoms with Gasteiger partial charge in [-0.1, -0.05) is 0 Å². The molecule has 1 aromatic rings. The van der Waals surface area contributed by atoms with Crippen molar-refractivity contribution < 1.29 is 0 Å². The van der Waals surface area contributed by atoms with Gasteiger partial charge in [0.05, 0.1) is 5.69 Å². The van der Waals surface area contributed by atoms with E-state index in [0.717, 1.165) is 47.8 Å². The predicted octanol–water partition coefficient (Wildman–Crippen LogP) is 0.451. The number of hydrogen-bond acceptors (Lipinski definition) is 4. The molecule has 0 radical (unpaired) electrons. The molecular formula is C10H15N3OS. The molecule has 2 rings (SSSR count). The van der Waals surface area contributed by atoms with E-state index >= 15 is 0 Å². The number of aromatic amines is 1. The Hall–Kier alpha value is -0.810. The highest BCUT2D eigenvalue weighted by Gasteiger charge is 2.15. The number of nitrogens with zero attached hydrogens (tertiary/aromatic N) is 1. The van der Waals surface area contributed by atoms with Gasteiger partial charge in [-0.3, -0.25) is 4.79 Å². The van der Waals surface area contributed by atoms with Crippen LogP contribution in [0.5, 0.6) is 0 Å². The lowest BCUT2D eigenvalue weighted by Gasteiger charge is -2.14. The number of H-pyrrole nitrogens is 1. The summed E-state index contributed by atoms with van der Waals surface area (Å²) < 4.78 is 0. The van der Waals surface area contributed by atoms with Crippen LogP contribution in [0.2, 0.25) is 0 Å². The number of rotatable bonds is 3. The molecule has 0 unspecified atom stereocenters. The van der Waals surface area contributed by atoms with Crippen molar-refractivity contribution in [1.29, 1.82) is 0 Å². The molecule has 0 aliphatic carbocycles. The quantitative estimate of drug-likeness (QED) is 0.783. The highest BCUT2D eigenvalue weighted by Crippen LogP contribution is 2.20. The summed E-state index contributed by atoms with van der Waals surface area (Å²) in [6, 6.07) is 0. The Labute approximate surface area is 92.7 Å². The van der Waals surface area contributed by atoms with Crippen LogP contribution in [0.4, 0.5) is 0 Å². The van der Waals surface area contributed by atoms with Crippen molar-refractivity contribution in [2.75, 3.05) is 12.3 Å². The average Bonchev–Trinajstić information content (AvgIpc) is 2.26. The Balaban J connectivity index is 2.28. The molecule has 0 saturated carbocycles. The normalized spacial score (nSPS) is 15.0. The van der Waals surface area contributed by atoms with Crippen molar-refractivity contribution in [3.63, 3.8) is 0 Å². The Morgan fingerprint density at radius 3 is 3.20 bits per heavy atom. The largest absolute Gasteiger partial charge is 0.330 e. The van der Waals surface area contributed by atoms with Gasteiger partial charge in [0, 0.05) is 17.7 Å². The molecule has 0 saturated heterocycles. The van der Waals surface area contributed by atoms with E-state index in [1.54, 1.807) is 0 Å². The van der Waals surface area contributed by atoms with Crippen molar-refractivity contribution in [2.45, 2.75) is 25.0 Å². The number of aryl methyl sites for hydroxylation is 1. The van der Waals surface area contributed by atoms with Crippen LogP contribution in [0, 0.1) is 0 Å². The maximum Gasteiger partial charge on any atom is 0.254 e.